The van der Waals surface area contributed by atoms with Crippen molar-refractivity contribution >= 4 is 11.7 Å². The Kier molecular flexibility index (Phi) is 3.60. The van der Waals surface area contributed by atoms with E-state index in [1.54, 1.807) is 19.1 Å². The lowest BCUT2D eigenvalue weighted by molar-refractivity contribution is -0.385. The highest BCUT2D eigenvalue weighted by Gasteiger charge is 2.18. The lowest BCUT2D eigenvalue weighted by Gasteiger charge is -2.08. The van der Waals surface area contributed by atoms with Crippen molar-refractivity contribution in [3.63, 3.8) is 0 Å². The summed E-state index contributed by atoms with van der Waals surface area (Å²) in [6.45, 7) is 1.68. The van der Waals surface area contributed by atoms with E-state index in [-0.39, 0.29) is 22.9 Å². The smallest absolute Gasteiger partial charge is 0.354 e. The highest BCUT2D eigenvalue weighted by atomic mass is 16.6. The van der Waals surface area contributed by atoms with Gasteiger partial charge in [-0.05, 0) is 24.6 Å². The first-order chi connectivity index (χ1) is 9.49. The van der Waals surface area contributed by atoms with Crippen molar-refractivity contribution < 1.29 is 19.6 Å². The maximum Gasteiger partial charge on any atom is 0.354 e. The molecule has 0 aliphatic rings. The first-order valence-corrected chi connectivity index (χ1v) is 5.60. The second kappa shape index (κ2) is 5.35. The van der Waals surface area contributed by atoms with Gasteiger partial charge in [-0.1, -0.05) is 12.1 Å². The van der Waals surface area contributed by atoms with Gasteiger partial charge in [-0.3, -0.25) is 10.1 Å². The summed E-state index contributed by atoms with van der Waals surface area (Å²) in [6.07, 6.45) is 1.21. The van der Waals surface area contributed by atoms with Crippen molar-refractivity contribution in [3.05, 3.63) is 57.9 Å². The summed E-state index contributed by atoms with van der Waals surface area (Å²) in [6, 6.07) is 7.24. The lowest BCUT2D eigenvalue weighted by Crippen LogP contribution is -2.00. The number of benzene rings is 1. The zero-order valence-corrected chi connectivity index (χ0v) is 10.4. The van der Waals surface area contributed by atoms with E-state index >= 15 is 0 Å². The number of carbonyl (C=O) groups is 1. The van der Waals surface area contributed by atoms with Crippen LogP contribution in [-0.4, -0.2) is 21.0 Å². The molecule has 0 unspecified atom stereocenters. The molecular formula is C13H10N2O5. The van der Waals surface area contributed by atoms with Crippen LogP contribution in [0.2, 0.25) is 0 Å². The van der Waals surface area contributed by atoms with Crippen molar-refractivity contribution in [2.75, 3.05) is 0 Å². The average molecular weight is 274 g/mol. The molecule has 0 fully saturated rings. The molecule has 102 valence electrons. The van der Waals surface area contributed by atoms with Crippen LogP contribution in [0.25, 0.3) is 0 Å². The molecule has 1 aromatic heterocycles. The molecule has 7 heteroatoms. The molecule has 20 heavy (non-hydrogen) atoms. The predicted octanol–water partition coefficient (Wildman–Crippen LogP) is 2.79. The van der Waals surface area contributed by atoms with Gasteiger partial charge in [-0.25, -0.2) is 9.78 Å². The maximum absolute atomic E-state index is 10.9. The number of rotatable bonds is 4. The fourth-order valence-electron chi connectivity index (χ4n) is 1.60. The van der Waals surface area contributed by atoms with Crippen LogP contribution in [0.3, 0.4) is 0 Å². The zero-order valence-electron chi connectivity index (χ0n) is 10.4. The summed E-state index contributed by atoms with van der Waals surface area (Å²) >= 11 is 0. The van der Waals surface area contributed by atoms with Crippen molar-refractivity contribution in [1.29, 1.82) is 0 Å². The number of nitro groups is 1. The Balaban J connectivity index is 2.34. The molecule has 0 amide bonds. The van der Waals surface area contributed by atoms with Crippen LogP contribution in [0, 0.1) is 17.0 Å². The summed E-state index contributed by atoms with van der Waals surface area (Å²) in [4.78, 5) is 24.8. The molecule has 0 radical (unpaired) electrons. The van der Waals surface area contributed by atoms with Gasteiger partial charge in [0.2, 0.25) is 5.75 Å². The average Bonchev–Trinajstić information content (AvgIpc) is 2.41. The van der Waals surface area contributed by atoms with Gasteiger partial charge in [-0.15, -0.1) is 0 Å². The van der Waals surface area contributed by atoms with Crippen LogP contribution in [0.1, 0.15) is 16.1 Å². The largest absolute Gasteiger partial charge is 0.477 e. The minimum atomic E-state index is -1.15. The number of hydrogen-bond acceptors (Lipinski definition) is 5. The third-order valence-electron chi connectivity index (χ3n) is 2.56. The molecule has 7 nitrogen and oxygen atoms in total. The first kappa shape index (κ1) is 13.5. The number of aromatic carboxylic acids is 1. The number of aromatic nitrogens is 1. The van der Waals surface area contributed by atoms with Gasteiger partial charge in [0.1, 0.15) is 11.4 Å². The van der Waals surface area contributed by atoms with Gasteiger partial charge in [0.25, 0.3) is 0 Å². The molecule has 0 saturated carbocycles. The summed E-state index contributed by atoms with van der Waals surface area (Å²) in [7, 11) is 0. The van der Waals surface area contributed by atoms with Gasteiger partial charge in [0.15, 0.2) is 0 Å². The molecule has 1 N–H and O–H groups in total. The van der Waals surface area contributed by atoms with E-state index in [4.69, 9.17) is 9.84 Å². The summed E-state index contributed by atoms with van der Waals surface area (Å²) in [5, 5.41) is 19.7. The number of pyridine rings is 1. The molecule has 1 heterocycles. The Bertz CT molecular complexity index is 667. The van der Waals surface area contributed by atoms with Gasteiger partial charge in [0.05, 0.1) is 11.1 Å². The van der Waals surface area contributed by atoms with Crippen LogP contribution >= 0.6 is 0 Å². The quantitative estimate of drug-likeness (QED) is 0.679. The van der Waals surface area contributed by atoms with E-state index in [1.807, 2.05) is 0 Å². The third kappa shape index (κ3) is 2.72. The first-order valence-electron chi connectivity index (χ1n) is 5.60. The van der Waals surface area contributed by atoms with Gasteiger partial charge in [0, 0.05) is 6.07 Å². The highest BCUT2D eigenvalue weighted by molar-refractivity contribution is 5.85. The van der Waals surface area contributed by atoms with Crippen LogP contribution in [0.4, 0.5) is 5.69 Å². The van der Waals surface area contributed by atoms with Crippen molar-refractivity contribution in [1.82, 2.24) is 4.98 Å². The van der Waals surface area contributed by atoms with E-state index < -0.39 is 10.9 Å². The monoisotopic (exact) mass is 274 g/mol. The van der Waals surface area contributed by atoms with Gasteiger partial charge in [-0.2, -0.15) is 0 Å². The number of para-hydroxylation sites is 1. The lowest BCUT2D eigenvalue weighted by atomic mass is 10.2. The molecule has 0 aliphatic carbocycles. The summed E-state index contributed by atoms with van der Waals surface area (Å²) < 4.78 is 5.44. The number of carboxylic acid groups (broad SMARTS) is 1. The van der Waals surface area contributed by atoms with Gasteiger partial charge < -0.3 is 9.84 Å². The Morgan fingerprint density at radius 3 is 2.65 bits per heavy atom. The van der Waals surface area contributed by atoms with Crippen LogP contribution < -0.4 is 4.74 Å². The van der Waals surface area contributed by atoms with Crippen LogP contribution in [0.15, 0.2) is 36.5 Å². The van der Waals surface area contributed by atoms with E-state index in [9.17, 15) is 14.9 Å². The number of nitrogens with zero attached hydrogens (tertiary/aromatic N) is 2. The minimum Gasteiger partial charge on any atom is -0.477 e. The second-order valence-corrected chi connectivity index (χ2v) is 3.97. The molecule has 1 aromatic carbocycles. The molecule has 0 aliphatic heterocycles. The van der Waals surface area contributed by atoms with Crippen molar-refractivity contribution in [2.24, 2.45) is 0 Å². The SMILES string of the molecule is Cc1cccc([N+](=O)[O-])c1Oc1ccc(C(=O)O)nc1. The van der Waals surface area contributed by atoms with E-state index in [0.29, 0.717) is 5.56 Å². The maximum atomic E-state index is 10.9. The Labute approximate surface area is 113 Å². The summed E-state index contributed by atoms with van der Waals surface area (Å²) in [5.74, 6) is -0.812. The zero-order chi connectivity index (χ0) is 14.7. The number of aryl methyl sites for hydroxylation is 1. The van der Waals surface area contributed by atoms with E-state index in [2.05, 4.69) is 4.98 Å². The minimum absolute atomic E-state index is 0.113. The molecule has 0 atom stereocenters. The Hall–Kier alpha value is -2.96. The molecule has 0 bridgehead atoms. The number of ether oxygens (including phenoxy) is 1. The normalized spacial score (nSPS) is 10.1. The second-order valence-electron chi connectivity index (χ2n) is 3.97. The van der Waals surface area contributed by atoms with E-state index in [0.717, 1.165) is 0 Å². The fourth-order valence-corrected chi connectivity index (χ4v) is 1.60. The van der Waals surface area contributed by atoms with Crippen molar-refractivity contribution in [2.45, 2.75) is 6.92 Å². The van der Waals surface area contributed by atoms with Crippen LogP contribution in [-0.2, 0) is 0 Å². The highest BCUT2D eigenvalue weighted by Crippen LogP contribution is 2.33. The summed E-state index contributed by atoms with van der Waals surface area (Å²) in [5.41, 5.74) is 0.311. The predicted molar refractivity (Wildman–Crippen MR) is 69.1 cm³/mol. The molecule has 0 saturated heterocycles. The molecular weight excluding hydrogens is 264 g/mol. The van der Waals surface area contributed by atoms with Gasteiger partial charge >= 0.3 is 11.7 Å². The molecule has 2 rings (SSSR count). The standard InChI is InChI=1S/C13H10N2O5/c1-8-3-2-4-11(15(18)19)12(8)20-9-5-6-10(13(16)17)14-7-9/h2-7H,1H3,(H,16,17). The number of hydrogen-bond donors (Lipinski definition) is 1. The molecule has 2 aromatic rings. The number of carboxylic acids is 1. The van der Waals surface area contributed by atoms with E-state index in [1.165, 1.54) is 24.4 Å². The topological polar surface area (TPSA) is 103 Å². The third-order valence-corrected chi connectivity index (χ3v) is 2.56. The van der Waals surface area contributed by atoms with Crippen molar-refractivity contribution in [3.8, 4) is 11.5 Å². The van der Waals surface area contributed by atoms with Crippen LogP contribution in [0.5, 0.6) is 11.5 Å². The Morgan fingerprint density at radius 2 is 2.10 bits per heavy atom. The number of nitro benzene ring substituents is 1. The molecule has 0 spiro atoms. The fraction of sp³-hybridized carbons (Fsp3) is 0.0769. The Morgan fingerprint density at radius 1 is 1.35 bits per heavy atom.